The summed E-state index contributed by atoms with van der Waals surface area (Å²) in [6.07, 6.45) is 0. The van der Waals surface area contributed by atoms with Crippen LogP contribution in [-0.2, 0) is 0 Å². The van der Waals surface area contributed by atoms with E-state index in [4.69, 9.17) is 34.8 Å². The molecule has 0 fully saturated rings. The highest BCUT2D eigenvalue weighted by Gasteiger charge is 2.15. The highest BCUT2D eigenvalue weighted by Crippen LogP contribution is 2.16. The number of nitrogens with zero attached hydrogens (tertiary/aromatic N) is 1. The van der Waals surface area contributed by atoms with Gasteiger partial charge < -0.3 is 31.5 Å². The third-order valence-corrected chi connectivity index (χ3v) is 5.57. The van der Waals surface area contributed by atoms with Crippen molar-refractivity contribution in [1.29, 1.82) is 0 Å². The SMILES string of the molecule is O=C(NCCN(CCNC(=O)Nc1cccc(Cl)c1)C(=O)Nc1cccc(Cl)c1)Nc1cccc(Cl)c1. The number of amides is 6. The molecule has 12 heteroatoms. The van der Waals surface area contributed by atoms with Gasteiger partial charge in [0.25, 0.3) is 0 Å². The molecule has 0 aromatic heterocycles. The summed E-state index contributed by atoms with van der Waals surface area (Å²) >= 11 is 17.9. The van der Waals surface area contributed by atoms with Crippen molar-refractivity contribution in [3.63, 3.8) is 0 Å². The molecule has 0 radical (unpaired) electrons. The number of nitrogens with one attached hydrogen (secondary N) is 5. The Morgan fingerprint density at radius 1 is 0.595 bits per heavy atom. The monoisotopic (exact) mass is 562 g/mol. The fraction of sp³-hybridized carbons (Fsp3) is 0.160. The molecule has 0 atom stereocenters. The molecule has 0 unspecified atom stereocenters. The minimum absolute atomic E-state index is 0.157. The lowest BCUT2D eigenvalue weighted by Gasteiger charge is -2.23. The van der Waals surface area contributed by atoms with E-state index in [2.05, 4.69) is 26.6 Å². The summed E-state index contributed by atoms with van der Waals surface area (Å²) in [7, 11) is 0. The van der Waals surface area contributed by atoms with Crippen LogP contribution in [0.3, 0.4) is 0 Å². The van der Waals surface area contributed by atoms with Crippen LogP contribution < -0.4 is 26.6 Å². The molecular weight excluding hydrogens is 539 g/mol. The second-order valence-corrected chi connectivity index (χ2v) is 9.02. The zero-order valence-corrected chi connectivity index (χ0v) is 21.8. The van der Waals surface area contributed by atoms with Gasteiger partial charge in [-0.1, -0.05) is 53.0 Å². The van der Waals surface area contributed by atoms with Crippen LogP contribution in [0.2, 0.25) is 15.1 Å². The van der Waals surface area contributed by atoms with Gasteiger partial charge in [-0.15, -0.1) is 0 Å². The summed E-state index contributed by atoms with van der Waals surface area (Å²) in [6, 6.07) is 18.9. The lowest BCUT2D eigenvalue weighted by molar-refractivity contribution is 0.210. The molecule has 3 aromatic carbocycles. The Balaban J connectivity index is 1.53. The van der Waals surface area contributed by atoms with Crippen LogP contribution in [-0.4, -0.2) is 49.2 Å². The molecule has 0 saturated heterocycles. The molecule has 9 nitrogen and oxygen atoms in total. The fourth-order valence-corrected chi connectivity index (χ4v) is 3.75. The van der Waals surface area contributed by atoms with Crippen molar-refractivity contribution in [2.45, 2.75) is 0 Å². The normalized spacial score (nSPS) is 10.2. The highest BCUT2D eigenvalue weighted by molar-refractivity contribution is 6.31. The van der Waals surface area contributed by atoms with Crippen molar-refractivity contribution in [3.05, 3.63) is 87.9 Å². The molecule has 194 valence electrons. The van der Waals surface area contributed by atoms with Crippen LogP contribution in [0.1, 0.15) is 0 Å². The van der Waals surface area contributed by atoms with E-state index in [0.29, 0.717) is 32.1 Å². The number of hydrogen-bond donors (Lipinski definition) is 5. The van der Waals surface area contributed by atoms with E-state index in [9.17, 15) is 14.4 Å². The lowest BCUT2D eigenvalue weighted by Crippen LogP contribution is -2.45. The van der Waals surface area contributed by atoms with Crippen molar-refractivity contribution in [3.8, 4) is 0 Å². The second-order valence-electron chi connectivity index (χ2n) is 7.71. The van der Waals surface area contributed by atoms with Crippen LogP contribution >= 0.6 is 34.8 Å². The van der Waals surface area contributed by atoms with E-state index in [1.165, 1.54) is 4.90 Å². The van der Waals surface area contributed by atoms with E-state index in [-0.39, 0.29) is 26.2 Å². The molecule has 0 spiro atoms. The topological polar surface area (TPSA) is 115 Å². The fourth-order valence-electron chi connectivity index (χ4n) is 3.18. The van der Waals surface area contributed by atoms with Crippen LogP contribution in [0.4, 0.5) is 31.4 Å². The number of carbonyl (C=O) groups excluding carboxylic acids is 3. The van der Waals surface area contributed by atoms with E-state index >= 15 is 0 Å². The average molecular weight is 564 g/mol. The zero-order valence-electron chi connectivity index (χ0n) is 19.6. The molecule has 5 N–H and O–H groups in total. The zero-order chi connectivity index (χ0) is 26.6. The Labute approximate surface area is 229 Å². The maximum Gasteiger partial charge on any atom is 0.321 e. The molecule has 0 aliphatic heterocycles. The molecule has 3 rings (SSSR count). The predicted octanol–water partition coefficient (Wildman–Crippen LogP) is 6.12. The van der Waals surface area contributed by atoms with Crippen LogP contribution in [0.5, 0.6) is 0 Å². The summed E-state index contributed by atoms with van der Waals surface area (Å²) in [6.45, 7) is 0.661. The summed E-state index contributed by atoms with van der Waals surface area (Å²) in [4.78, 5) is 38.8. The van der Waals surface area contributed by atoms with Gasteiger partial charge in [0.1, 0.15) is 0 Å². The number of rotatable bonds is 9. The van der Waals surface area contributed by atoms with Gasteiger partial charge in [-0.05, 0) is 54.6 Å². The van der Waals surface area contributed by atoms with Crippen molar-refractivity contribution in [2.24, 2.45) is 0 Å². The van der Waals surface area contributed by atoms with Gasteiger partial charge in [0.05, 0.1) is 0 Å². The van der Waals surface area contributed by atoms with E-state index in [1.54, 1.807) is 72.8 Å². The third kappa shape index (κ3) is 10.1. The first kappa shape index (κ1) is 27.9. The van der Waals surface area contributed by atoms with Gasteiger partial charge in [-0.2, -0.15) is 0 Å². The summed E-state index contributed by atoms with van der Waals surface area (Å²) in [5.74, 6) is 0. The van der Waals surface area contributed by atoms with Gasteiger partial charge in [0, 0.05) is 58.3 Å². The molecule has 0 heterocycles. The van der Waals surface area contributed by atoms with E-state index < -0.39 is 18.1 Å². The number of urea groups is 3. The first-order valence-electron chi connectivity index (χ1n) is 11.2. The lowest BCUT2D eigenvalue weighted by atomic mass is 10.3. The number of benzene rings is 3. The smallest absolute Gasteiger partial charge is 0.321 e. The van der Waals surface area contributed by atoms with Gasteiger partial charge in [0.2, 0.25) is 0 Å². The van der Waals surface area contributed by atoms with Gasteiger partial charge in [0.15, 0.2) is 0 Å². The molecule has 0 bridgehead atoms. The number of anilines is 3. The average Bonchev–Trinajstić information content (AvgIpc) is 2.83. The second kappa shape index (κ2) is 14.2. The van der Waals surface area contributed by atoms with Gasteiger partial charge >= 0.3 is 18.1 Å². The first-order valence-corrected chi connectivity index (χ1v) is 12.3. The number of hydrogen-bond acceptors (Lipinski definition) is 3. The molecule has 3 aromatic rings. The number of carbonyl (C=O) groups is 3. The maximum absolute atomic E-state index is 12.9. The minimum Gasteiger partial charge on any atom is -0.336 e. The largest absolute Gasteiger partial charge is 0.336 e. The van der Waals surface area contributed by atoms with Crippen molar-refractivity contribution < 1.29 is 14.4 Å². The van der Waals surface area contributed by atoms with E-state index in [1.807, 2.05) is 0 Å². The Bertz CT molecular complexity index is 1180. The molecular formula is C25H25Cl3N6O3. The summed E-state index contributed by atoms with van der Waals surface area (Å²) in [5, 5.41) is 15.0. The summed E-state index contributed by atoms with van der Waals surface area (Å²) < 4.78 is 0. The maximum atomic E-state index is 12.9. The number of halogens is 3. The molecule has 0 aliphatic rings. The van der Waals surface area contributed by atoms with Crippen LogP contribution in [0.25, 0.3) is 0 Å². The Hall–Kier alpha value is -3.66. The molecule has 37 heavy (non-hydrogen) atoms. The van der Waals surface area contributed by atoms with Crippen LogP contribution in [0, 0.1) is 0 Å². The van der Waals surface area contributed by atoms with Crippen molar-refractivity contribution >= 4 is 70.0 Å². The van der Waals surface area contributed by atoms with Crippen molar-refractivity contribution in [1.82, 2.24) is 15.5 Å². The van der Waals surface area contributed by atoms with Crippen LogP contribution in [0.15, 0.2) is 72.8 Å². The van der Waals surface area contributed by atoms with Gasteiger partial charge in [-0.3, -0.25) is 0 Å². The Morgan fingerprint density at radius 2 is 0.973 bits per heavy atom. The van der Waals surface area contributed by atoms with E-state index in [0.717, 1.165) is 0 Å². The summed E-state index contributed by atoms with van der Waals surface area (Å²) in [5.41, 5.74) is 1.59. The van der Waals surface area contributed by atoms with Gasteiger partial charge in [-0.25, -0.2) is 14.4 Å². The molecule has 0 saturated carbocycles. The molecule has 0 aliphatic carbocycles. The first-order chi connectivity index (χ1) is 17.8. The standard InChI is InChI=1S/C25H25Cl3N6O3/c26-17-4-1-7-20(14-17)31-23(35)29-10-12-34(25(37)33-22-9-3-6-19(28)16-22)13-11-30-24(36)32-21-8-2-5-18(27)15-21/h1-9,14-16H,10-13H2,(H,33,37)(H2,29,31,35)(H2,30,32,36). The third-order valence-electron chi connectivity index (χ3n) is 4.86. The molecule has 6 amide bonds. The van der Waals surface area contributed by atoms with Crippen molar-refractivity contribution in [2.75, 3.05) is 42.1 Å². The predicted molar refractivity (Wildman–Crippen MR) is 149 cm³/mol. The minimum atomic E-state index is -0.448. The Kier molecular flexibility index (Phi) is 10.7. The highest BCUT2D eigenvalue weighted by atomic mass is 35.5. The Morgan fingerprint density at radius 3 is 1.35 bits per heavy atom. The quantitative estimate of drug-likeness (QED) is 0.216.